The summed E-state index contributed by atoms with van der Waals surface area (Å²) in [5.74, 6) is 1.07. The average molecular weight is 528 g/mol. The van der Waals surface area contributed by atoms with Gasteiger partial charge >= 0.3 is 0 Å². The third-order valence-electron chi connectivity index (χ3n) is 7.82. The summed E-state index contributed by atoms with van der Waals surface area (Å²) >= 11 is 1.83. The molecule has 38 heavy (non-hydrogen) atoms. The molecular weight excluding hydrogens is 494 g/mol. The Balaban J connectivity index is 1.22. The van der Waals surface area contributed by atoms with Gasteiger partial charge in [0.15, 0.2) is 0 Å². The van der Waals surface area contributed by atoms with Crippen LogP contribution in [-0.4, -0.2) is 90.3 Å². The summed E-state index contributed by atoms with van der Waals surface area (Å²) in [6.45, 7) is 8.71. The molecule has 4 aromatic rings. The van der Waals surface area contributed by atoms with Gasteiger partial charge in [0, 0.05) is 61.6 Å². The molecule has 3 aliphatic rings. The zero-order valence-corrected chi connectivity index (χ0v) is 22.5. The monoisotopic (exact) mass is 527 g/mol. The first kappa shape index (κ1) is 23.8. The molecule has 0 saturated carbocycles. The number of H-pyrrole nitrogens is 1. The third-order valence-corrected chi connectivity index (χ3v) is 9.00. The van der Waals surface area contributed by atoms with Crippen LogP contribution in [-0.2, 0) is 11.3 Å². The lowest BCUT2D eigenvalue weighted by Crippen LogP contribution is -2.43. The maximum Gasteiger partial charge on any atom is 0.147 e. The highest BCUT2D eigenvalue weighted by Crippen LogP contribution is 2.42. The van der Waals surface area contributed by atoms with E-state index in [0.717, 1.165) is 87.0 Å². The number of hydrogen-bond acceptors (Lipinski definition) is 8. The number of morpholine rings is 1. The Morgan fingerprint density at radius 2 is 1.84 bits per heavy atom. The summed E-state index contributed by atoms with van der Waals surface area (Å²) in [5, 5.41) is 12.2. The molecule has 0 bridgehead atoms. The van der Waals surface area contributed by atoms with Crippen molar-refractivity contribution >= 4 is 33.8 Å². The summed E-state index contributed by atoms with van der Waals surface area (Å²) < 4.78 is 5.67. The Morgan fingerprint density at radius 3 is 2.71 bits per heavy atom. The van der Waals surface area contributed by atoms with Crippen molar-refractivity contribution < 1.29 is 4.74 Å². The highest BCUT2D eigenvalue weighted by atomic mass is 32.1. The van der Waals surface area contributed by atoms with E-state index in [1.807, 2.05) is 17.5 Å². The van der Waals surface area contributed by atoms with Crippen molar-refractivity contribution in [2.75, 3.05) is 64.8 Å². The first-order valence-corrected chi connectivity index (χ1v) is 14.3. The van der Waals surface area contributed by atoms with Gasteiger partial charge in [0.05, 0.1) is 35.5 Å². The van der Waals surface area contributed by atoms with Gasteiger partial charge in [0.2, 0.25) is 0 Å². The van der Waals surface area contributed by atoms with Crippen LogP contribution in [0.15, 0.2) is 59.7 Å². The molecule has 0 spiro atoms. The van der Waals surface area contributed by atoms with Crippen LogP contribution in [0.3, 0.4) is 0 Å². The van der Waals surface area contributed by atoms with Gasteiger partial charge in [0.25, 0.3) is 0 Å². The third kappa shape index (κ3) is 4.60. The van der Waals surface area contributed by atoms with E-state index < -0.39 is 0 Å². The Morgan fingerprint density at radius 1 is 1.00 bits per heavy atom. The maximum absolute atomic E-state index is 5.67. The van der Waals surface area contributed by atoms with Crippen LogP contribution in [0, 0.1) is 0 Å². The lowest BCUT2D eigenvalue weighted by molar-refractivity contribution is 0.0681. The lowest BCUT2D eigenvalue weighted by Gasteiger charge is -2.33. The van der Waals surface area contributed by atoms with Gasteiger partial charge in [-0.2, -0.15) is 5.10 Å². The van der Waals surface area contributed by atoms with E-state index in [4.69, 9.17) is 9.73 Å². The molecule has 0 aliphatic carbocycles. The molecule has 1 atom stereocenters. The number of thiophene rings is 1. The predicted molar refractivity (Wildman–Crippen MR) is 154 cm³/mol. The van der Waals surface area contributed by atoms with Crippen LogP contribution in [0.2, 0.25) is 0 Å². The highest BCUT2D eigenvalue weighted by molar-refractivity contribution is 7.18. The number of fused-ring (bicyclic) bond motifs is 2. The van der Waals surface area contributed by atoms with Gasteiger partial charge in [-0.25, -0.2) is 4.99 Å². The van der Waals surface area contributed by atoms with Crippen LogP contribution in [0.4, 0.5) is 5.69 Å². The first-order chi connectivity index (χ1) is 18.7. The Bertz CT molecular complexity index is 1460. The molecule has 7 rings (SSSR count). The van der Waals surface area contributed by atoms with Gasteiger partial charge in [-0.1, -0.05) is 30.3 Å². The second-order valence-corrected chi connectivity index (χ2v) is 11.5. The fraction of sp³-hybridized carbons (Fsp3) is 0.379. The van der Waals surface area contributed by atoms with Crippen LogP contribution < -0.4 is 5.32 Å². The molecule has 5 heterocycles. The number of aliphatic imine (C=N–C) groups is 1. The van der Waals surface area contributed by atoms with Crippen LogP contribution in [0.1, 0.15) is 22.2 Å². The van der Waals surface area contributed by atoms with E-state index >= 15 is 0 Å². The SMILES string of the molecule is CN1CCN(Cc2cccc(-c3cc4c(s3)C(N3CCOCC3)=NC(c3cccc5[nH]ncc35)N4)c2)CC1. The Hall–Kier alpha value is -3.24. The molecular formula is C29H33N7OS. The van der Waals surface area contributed by atoms with Gasteiger partial charge < -0.3 is 19.9 Å². The topological polar surface area (TPSA) is 72.0 Å². The van der Waals surface area contributed by atoms with Crippen molar-refractivity contribution in [1.82, 2.24) is 24.9 Å². The molecule has 2 fully saturated rings. The van der Waals surface area contributed by atoms with Gasteiger partial charge in [0.1, 0.15) is 12.0 Å². The molecule has 2 aromatic carbocycles. The fourth-order valence-electron chi connectivity index (χ4n) is 5.63. The van der Waals surface area contributed by atoms with E-state index in [1.165, 1.54) is 20.9 Å². The number of aromatic amines is 1. The molecule has 0 radical (unpaired) electrons. The quantitative estimate of drug-likeness (QED) is 0.414. The Kier molecular flexibility index (Phi) is 6.37. The number of hydrogen-bond donors (Lipinski definition) is 2. The summed E-state index contributed by atoms with van der Waals surface area (Å²) in [4.78, 5) is 15.1. The van der Waals surface area contributed by atoms with Gasteiger partial charge in [-0.05, 0) is 36.4 Å². The van der Waals surface area contributed by atoms with E-state index in [2.05, 4.69) is 85.8 Å². The molecule has 9 heteroatoms. The Labute approximate surface area is 226 Å². The van der Waals surface area contributed by atoms with Crippen molar-refractivity contribution in [3.8, 4) is 10.4 Å². The number of nitrogens with one attached hydrogen (secondary N) is 2. The van der Waals surface area contributed by atoms with E-state index in [1.54, 1.807) is 0 Å². The van der Waals surface area contributed by atoms with Gasteiger partial charge in [-0.3, -0.25) is 10.00 Å². The number of anilines is 1. The summed E-state index contributed by atoms with van der Waals surface area (Å²) in [6, 6.07) is 17.7. The second kappa shape index (κ2) is 10.1. The smallest absolute Gasteiger partial charge is 0.147 e. The number of benzene rings is 2. The summed E-state index contributed by atoms with van der Waals surface area (Å²) in [6.07, 6.45) is 1.73. The molecule has 3 aliphatic heterocycles. The number of ether oxygens (including phenoxy) is 1. The molecule has 2 aromatic heterocycles. The number of likely N-dealkylation sites (N-methyl/N-ethyl adjacent to an activating group) is 1. The minimum atomic E-state index is -0.173. The van der Waals surface area contributed by atoms with Crippen molar-refractivity contribution in [2.24, 2.45) is 4.99 Å². The summed E-state index contributed by atoms with van der Waals surface area (Å²) in [7, 11) is 2.21. The van der Waals surface area contributed by atoms with Crippen LogP contribution >= 0.6 is 11.3 Å². The van der Waals surface area contributed by atoms with E-state index in [-0.39, 0.29) is 6.17 Å². The van der Waals surface area contributed by atoms with Crippen molar-refractivity contribution in [1.29, 1.82) is 0 Å². The zero-order valence-electron chi connectivity index (χ0n) is 21.7. The molecule has 196 valence electrons. The minimum absolute atomic E-state index is 0.173. The average Bonchev–Trinajstić information content (AvgIpc) is 3.62. The minimum Gasteiger partial charge on any atom is -0.378 e. The number of nitrogens with zero attached hydrogens (tertiary/aromatic N) is 5. The fourth-order valence-corrected chi connectivity index (χ4v) is 6.77. The van der Waals surface area contributed by atoms with E-state index in [0.29, 0.717) is 0 Å². The molecule has 2 N–H and O–H groups in total. The van der Waals surface area contributed by atoms with Crippen molar-refractivity contribution in [3.63, 3.8) is 0 Å². The maximum atomic E-state index is 5.67. The zero-order chi connectivity index (χ0) is 25.5. The normalized spacial score (nSPS) is 20.8. The molecule has 1 unspecified atom stereocenters. The standard InChI is InChI=1S/C29H33N7OS/c1-34-8-10-35(11-9-34)19-20-4-2-5-21(16-20)26-17-25-27(38-26)29(36-12-14-37-15-13-36)32-28(31-25)22-6-3-7-24-23(22)18-30-33-24/h2-7,16-18,28,31H,8-15,19H2,1H3,(H,30,33). The van der Waals surface area contributed by atoms with E-state index in [9.17, 15) is 0 Å². The number of amidine groups is 1. The van der Waals surface area contributed by atoms with Gasteiger partial charge in [-0.15, -0.1) is 11.3 Å². The molecule has 2 saturated heterocycles. The lowest BCUT2D eigenvalue weighted by atomic mass is 10.1. The number of piperazine rings is 1. The molecule has 0 amide bonds. The van der Waals surface area contributed by atoms with Crippen LogP contribution in [0.5, 0.6) is 0 Å². The first-order valence-electron chi connectivity index (χ1n) is 13.4. The second-order valence-electron chi connectivity index (χ2n) is 10.4. The largest absolute Gasteiger partial charge is 0.378 e. The number of aromatic nitrogens is 2. The predicted octanol–water partition coefficient (Wildman–Crippen LogP) is 4.24. The van der Waals surface area contributed by atoms with Crippen molar-refractivity contribution in [3.05, 3.63) is 70.7 Å². The molecule has 8 nitrogen and oxygen atoms in total. The highest BCUT2D eigenvalue weighted by Gasteiger charge is 2.30. The summed E-state index contributed by atoms with van der Waals surface area (Å²) in [5.41, 5.74) is 5.96. The van der Waals surface area contributed by atoms with Crippen molar-refractivity contribution in [2.45, 2.75) is 12.7 Å². The van der Waals surface area contributed by atoms with Crippen LogP contribution in [0.25, 0.3) is 21.3 Å². The number of rotatable bonds is 4.